The first-order chi connectivity index (χ1) is 16.9. The highest BCUT2D eigenvalue weighted by atomic mass is 35.5. The zero-order valence-electron chi connectivity index (χ0n) is 19.6. The van der Waals surface area contributed by atoms with Crippen LogP contribution in [-0.2, 0) is 24.4 Å². The Hall–Kier alpha value is -3.16. The van der Waals surface area contributed by atoms with Gasteiger partial charge in [-0.1, -0.05) is 66.0 Å². The number of hydrogen-bond acceptors (Lipinski definition) is 4. The minimum atomic E-state index is -0.293. The zero-order chi connectivity index (χ0) is 24.8. The fraction of sp³-hybridized carbons (Fsp3) is 0.296. The first-order valence-corrected chi connectivity index (χ1v) is 13.0. The average molecular weight is 510 g/mol. The Balaban J connectivity index is 1.35. The molecule has 0 unspecified atom stereocenters. The minimum Gasteiger partial charge on any atom is -0.352 e. The van der Waals surface area contributed by atoms with Crippen LogP contribution in [0.5, 0.6) is 0 Å². The lowest BCUT2D eigenvalue weighted by Gasteiger charge is -2.12. The normalized spacial score (nSPS) is 11.1. The van der Waals surface area contributed by atoms with Gasteiger partial charge in [0.1, 0.15) is 4.70 Å². The number of amides is 1. The molecule has 2 aromatic carbocycles. The summed E-state index contributed by atoms with van der Waals surface area (Å²) in [5.74, 6) is -0.0393. The summed E-state index contributed by atoms with van der Waals surface area (Å²) >= 11 is 7.48. The number of nitrogens with zero attached hydrogens (tertiary/aromatic N) is 2. The summed E-state index contributed by atoms with van der Waals surface area (Å²) < 4.78 is 3.61. The number of thiophene rings is 1. The Morgan fingerprint density at radius 2 is 1.74 bits per heavy atom. The third kappa shape index (κ3) is 6.10. The molecule has 0 radical (unpaired) electrons. The van der Waals surface area contributed by atoms with Crippen molar-refractivity contribution in [2.75, 3.05) is 0 Å². The van der Waals surface area contributed by atoms with Gasteiger partial charge >= 0.3 is 5.69 Å². The number of aromatic nitrogens is 2. The summed E-state index contributed by atoms with van der Waals surface area (Å²) in [6.45, 7) is 3.17. The van der Waals surface area contributed by atoms with Crippen molar-refractivity contribution < 1.29 is 4.79 Å². The first kappa shape index (κ1) is 24.9. The number of aryl methyl sites for hydroxylation is 1. The van der Waals surface area contributed by atoms with Crippen LogP contribution in [0, 0.1) is 6.92 Å². The average Bonchev–Trinajstić information content (AvgIpc) is 3.34. The minimum absolute atomic E-state index is 0.0393. The van der Waals surface area contributed by atoms with Crippen molar-refractivity contribution in [3.8, 4) is 0 Å². The largest absolute Gasteiger partial charge is 0.352 e. The SMILES string of the molecule is Cc1ccc(Cn2c(=O)n(CCCCCC(=O)NCc3ccccc3Cl)c(=O)c3sccc32)cc1. The maximum atomic E-state index is 13.2. The molecule has 6 nitrogen and oxygen atoms in total. The molecule has 4 aromatic rings. The van der Waals surface area contributed by atoms with Gasteiger partial charge in [0.05, 0.1) is 12.1 Å². The molecule has 0 spiro atoms. The Morgan fingerprint density at radius 1 is 0.971 bits per heavy atom. The Labute approximate surface area is 212 Å². The second-order valence-corrected chi connectivity index (χ2v) is 9.95. The standard InChI is InChI=1S/C27H28ClN3O3S/c1-19-10-12-20(13-11-19)18-31-23-14-16-35-25(23)26(33)30(27(31)34)15-6-2-3-9-24(32)29-17-21-7-4-5-8-22(21)28/h4-5,7-8,10-14,16H,2-3,6,9,15,17-18H2,1H3,(H,29,32). The smallest absolute Gasteiger partial charge is 0.331 e. The number of nitrogens with one attached hydrogen (secondary N) is 1. The molecule has 0 aliphatic rings. The Bertz CT molecular complexity index is 1440. The molecule has 0 aliphatic heterocycles. The molecule has 0 atom stereocenters. The molecule has 1 N–H and O–H groups in total. The maximum Gasteiger partial charge on any atom is 0.331 e. The Morgan fingerprint density at radius 3 is 2.51 bits per heavy atom. The van der Waals surface area contributed by atoms with Crippen molar-refractivity contribution in [3.05, 3.63) is 103 Å². The van der Waals surface area contributed by atoms with E-state index in [1.54, 1.807) is 10.6 Å². The molecule has 2 heterocycles. The fourth-order valence-corrected chi connectivity index (χ4v) is 5.06. The van der Waals surface area contributed by atoms with E-state index in [1.807, 2.05) is 60.8 Å². The van der Waals surface area contributed by atoms with Crippen LogP contribution >= 0.6 is 22.9 Å². The predicted octanol–water partition coefficient (Wildman–Crippen LogP) is 5.11. The number of unbranched alkanes of at least 4 members (excludes halogenated alkanes) is 2. The lowest BCUT2D eigenvalue weighted by atomic mass is 10.1. The molecule has 0 saturated carbocycles. The van der Waals surface area contributed by atoms with Gasteiger partial charge in [0.25, 0.3) is 5.56 Å². The second kappa shape index (κ2) is 11.5. The number of rotatable bonds is 10. The topological polar surface area (TPSA) is 73.1 Å². The van der Waals surface area contributed by atoms with Crippen molar-refractivity contribution in [1.29, 1.82) is 0 Å². The van der Waals surface area contributed by atoms with Crippen molar-refractivity contribution in [2.45, 2.75) is 52.2 Å². The van der Waals surface area contributed by atoms with E-state index in [0.717, 1.165) is 23.1 Å². The number of hydrogen-bond donors (Lipinski definition) is 1. The maximum absolute atomic E-state index is 13.2. The molecule has 8 heteroatoms. The quantitative estimate of drug-likeness (QED) is 0.302. The third-order valence-electron chi connectivity index (χ3n) is 6.02. The molecule has 2 aromatic heterocycles. The summed E-state index contributed by atoms with van der Waals surface area (Å²) in [5, 5.41) is 5.37. The molecule has 0 bridgehead atoms. The summed E-state index contributed by atoms with van der Waals surface area (Å²) in [5.41, 5.74) is 3.20. The summed E-state index contributed by atoms with van der Waals surface area (Å²) in [6, 6.07) is 17.3. The molecule has 35 heavy (non-hydrogen) atoms. The van der Waals surface area contributed by atoms with Crippen molar-refractivity contribution in [1.82, 2.24) is 14.5 Å². The van der Waals surface area contributed by atoms with Gasteiger partial charge < -0.3 is 5.32 Å². The van der Waals surface area contributed by atoms with Gasteiger partial charge in [-0.2, -0.15) is 0 Å². The molecular formula is C27H28ClN3O3S. The summed E-state index contributed by atoms with van der Waals surface area (Å²) in [7, 11) is 0. The van der Waals surface area contributed by atoms with E-state index in [1.165, 1.54) is 15.9 Å². The van der Waals surface area contributed by atoms with Crippen LogP contribution in [0.4, 0.5) is 0 Å². The lowest BCUT2D eigenvalue weighted by Crippen LogP contribution is -2.39. The third-order valence-corrected chi connectivity index (χ3v) is 7.28. The number of fused-ring (bicyclic) bond motifs is 1. The van der Waals surface area contributed by atoms with Crippen LogP contribution in [0.25, 0.3) is 10.2 Å². The number of carbonyl (C=O) groups is 1. The van der Waals surface area contributed by atoms with Crippen molar-refractivity contribution >= 4 is 39.1 Å². The highest BCUT2D eigenvalue weighted by molar-refractivity contribution is 7.17. The van der Waals surface area contributed by atoms with Crippen LogP contribution in [-0.4, -0.2) is 15.0 Å². The molecule has 182 valence electrons. The summed E-state index contributed by atoms with van der Waals surface area (Å²) in [6.07, 6.45) is 2.46. The van der Waals surface area contributed by atoms with Gasteiger partial charge in [0, 0.05) is 24.5 Å². The van der Waals surface area contributed by atoms with Crippen molar-refractivity contribution in [3.63, 3.8) is 0 Å². The highest BCUT2D eigenvalue weighted by Crippen LogP contribution is 2.17. The second-order valence-electron chi connectivity index (χ2n) is 8.62. The van der Waals surface area contributed by atoms with Gasteiger partial charge in [-0.25, -0.2) is 4.79 Å². The van der Waals surface area contributed by atoms with E-state index in [2.05, 4.69) is 5.32 Å². The van der Waals surface area contributed by atoms with E-state index in [9.17, 15) is 14.4 Å². The van der Waals surface area contributed by atoms with Crippen molar-refractivity contribution in [2.24, 2.45) is 0 Å². The molecule has 4 rings (SSSR count). The van der Waals surface area contributed by atoms with Crippen LogP contribution in [0.2, 0.25) is 5.02 Å². The van der Waals surface area contributed by atoms with E-state index in [0.29, 0.717) is 54.1 Å². The molecular weight excluding hydrogens is 482 g/mol. The highest BCUT2D eigenvalue weighted by Gasteiger charge is 2.14. The predicted molar refractivity (Wildman–Crippen MR) is 142 cm³/mol. The molecule has 0 saturated heterocycles. The van der Waals surface area contributed by atoms with Crippen LogP contribution < -0.4 is 16.6 Å². The van der Waals surface area contributed by atoms with Gasteiger partial charge in [-0.3, -0.25) is 18.7 Å². The molecule has 0 fully saturated rings. The van der Waals surface area contributed by atoms with Crippen LogP contribution in [0.3, 0.4) is 0 Å². The number of benzene rings is 2. The first-order valence-electron chi connectivity index (χ1n) is 11.7. The van der Waals surface area contributed by atoms with Gasteiger partial charge in [-0.15, -0.1) is 11.3 Å². The Kier molecular flexibility index (Phi) is 8.21. The monoisotopic (exact) mass is 509 g/mol. The lowest BCUT2D eigenvalue weighted by molar-refractivity contribution is -0.121. The number of carbonyl (C=O) groups excluding carboxylic acids is 1. The van der Waals surface area contributed by atoms with Crippen LogP contribution in [0.1, 0.15) is 42.4 Å². The van der Waals surface area contributed by atoms with Gasteiger partial charge in [-0.05, 0) is 48.4 Å². The zero-order valence-corrected chi connectivity index (χ0v) is 21.2. The number of halogens is 1. The molecule has 1 amide bonds. The van der Waals surface area contributed by atoms with E-state index in [-0.39, 0.29) is 17.2 Å². The van der Waals surface area contributed by atoms with Gasteiger partial charge in [0.2, 0.25) is 5.91 Å². The van der Waals surface area contributed by atoms with Crippen LogP contribution in [0.15, 0.2) is 69.6 Å². The summed E-state index contributed by atoms with van der Waals surface area (Å²) in [4.78, 5) is 38.4. The van der Waals surface area contributed by atoms with E-state index in [4.69, 9.17) is 11.6 Å². The van der Waals surface area contributed by atoms with E-state index < -0.39 is 0 Å². The fourth-order valence-electron chi connectivity index (χ4n) is 4.02. The van der Waals surface area contributed by atoms with E-state index >= 15 is 0 Å². The molecule has 0 aliphatic carbocycles. The van der Waals surface area contributed by atoms with Gasteiger partial charge in [0.15, 0.2) is 0 Å².